The highest BCUT2D eigenvalue weighted by Crippen LogP contribution is 2.30. The second-order valence-corrected chi connectivity index (χ2v) is 10.5. The van der Waals surface area contributed by atoms with Crippen LogP contribution in [0.4, 0.5) is 17.2 Å². The number of benzene rings is 1. The number of sulfonamides is 1. The summed E-state index contributed by atoms with van der Waals surface area (Å²) in [5.74, 6) is 0.392. The van der Waals surface area contributed by atoms with Crippen molar-refractivity contribution in [3.8, 4) is 12.1 Å². The van der Waals surface area contributed by atoms with Crippen molar-refractivity contribution in [3.05, 3.63) is 41.7 Å². The van der Waals surface area contributed by atoms with Crippen molar-refractivity contribution < 1.29 is 8.42 Å². The lowest BCUT2D eigenvalue weighted by molar-refractivity contribution is 0.222. The third kappa shape index (κ3) is 4.26. The Balaban J connectivity index is 1.51. The molecular formula is C22H23N9O2S. The Morgan fingerprint density at radius 1 is 1.06 bits per heavy atom. The Bertz CT molecular complexity index is 1440. The van der Waals surface area contributed by atoms with Gasteiger partial charge in [0.15, 0.2) is 17.2 Å². The first-order chi connectivity index (χ1) is 16.4. The summed E-state index contributed by atoms with van der Waals surface area (Å²) < 4.78 is 29.4. The van der Waals surface area contributed by atoms with Gasteiger partial charge in [0.05, 0.1) is 28.4 Å². The Morgan fingerprint density at radius 2 is 1.82 bits per heavy atom. The van der Waals surface area contributed by atoms with Crippen LogP contribution in [-0.4, -0.2) is 71.5 Å². The van der Waals surface area contributed by atoms with Gasteiger partial charge in [-0.25, -0.2) is 13.4 Å². The fourth-order valence-corrected chi connectivity index (χ4v) is 5.36. The van der Waals surface area contributed by atoms with Gasteiger partial charge in [-0.3, -0.25) is 0 Å². The van der Waals surface area contributed by atoms with Gasteiger partial charge in [-0.05, 0) is 38.1 Å². The molecule has 0 spiro atoms. The molecular weight excluding hydrogens is 454 g/mol. The molecule has 0 atom stereocenters. The number of likely N-dealkylation sites (N-methyl/N-ethyl adjacent to an activating group) is 1. The van der Waals surface area contributed by atoms with Crippen molar-refractivity contribution in [2.24, 2.45) is 0 Å². The number of nitrogens with one attached hydrogen (secondary N) is 2. The zero-order chi connectivity index (χ0) is 23.9. The van der Waals surface area contributed by atoms with Crippen LogP contribution in [0.1, 0.15) is 24.1 Å². The van der Waals surface area contributed by atoms with Crippen molar-refractivity contribution in [1.82, 2.24) is 23.8 Å². The molecule has 2 aliphatic rings. The number of hydrogen-bond donors (Lipinski definition) is 2. The summed E-state index contributed by atoms with van der Waals surface area (Å²) in [6.07, 6.45) is 3.57. The van der Waals surface area contributed by atoms with Crippen LogP contribution in [-0.2, 0) is 10.0 Å². The van der Waals surface area contributed by atoms with Crippen LogP contribution >= 0.6 is 0 Å². The van der Waals surface area contributed by atoms with Crippen molar-refractivity contribution in [2.45, 2.75) is 23.8 Å². The molecule has 11 nitrogen and oxygen atoms in total. The summed E-state index contributed by atoms with van der Waals surface area (Å²) in [5, 5.41) is 29.9. The van der Waals surface area contributed by atoms with E-state index in [9.17, 15) is 18.9 Å². The molecule has 2 aromatic heterocycles. The van der Waals surface area contributed by atoms with E-state index >= 15 is 0 Å². The molecule has 1 aromatic carbocycles. The number of anilines is 3. The number of rotatable bonds is 6. The summed E-state index contributed by atoms with van der Waals surface area (Å²) >= 11 is 0. The summed E-state index contributed by atoms with van der Waals surface area (Å²) in [7, 11) is -1.81. The first-order valence-corrected chi connectivity index (χ1v) is 12.4. The smallest absolute Gasteiger partial charge is 0.243 e. The number of nitriles is 2. The van der Waals surface area contributed by atoms with Gasteiger partial charge in [0.2, 0.25) is 10.0 Å². The van der Waals surface area contributed by atoms with Gasteiger partial charge in [0.1, 0.15) is 6.07 Å². The van der Waals surface area contributed by atoms with Crippen LogP contribution in [0.25, 0.3) is 5.65 Å². The molecule has 0 bridgehead atoms. The van der Waals surface area contributed by atoms with E-state index in [0.29, 0.717) is 49.4 Å². The third-order valence-electron chi connectivity index (χ3n) is 5.93. The molecule has 12 heteroatoms. The number of imidazole rings is 1. The molecule has 1 saturated heterocycles. The average Bonchev–Trinajstić information content (AvgIpc) is 3.55. The van der Waals surface area contributed by atoms with Gasteiger partial charge in [0, 0.05) is 44.0 Å². The summed E-state index contributed by atoms with van der Waals surface area (Å²) in [4.78, 5) is 6.43. The first-order valence-electron chi connectivity index (χ1n) is 10.9. The second kappa shape index (κ2) is 8.57. The van der Waals surface area contributed by atoms with Gasteiger partial charge in [-0.2, -0.15) is 19.3 Å². The lowest BCUT2D eigenvalue weighted by Gasteiger charge is -2.31. The van der Waals surface area contributed by atoms with E-state index in [-0.39, 0.29) is 16.2 Å². The van der Waals surface area contributed by atoms with Crippen LogP contribution in [0.5, 0.6) is 0 Å². The molecule has 3 aromatic rings. The molecule has 1 aliphatic carbocycles. The highest BCUT2D eigenvalue weighted by atomic mass is 32.2. The maximum Gasteiger partial charge on any atom is 0.243 e. The van der Waals surface area contributed by atoms with Gasteiger partial charge >= 0.3 is 0 Å². The number of piperazine rings is 1. The zero-order valence-electron chi connectivity index (χ0n) is 18.6. The van der Waals surface area contributed by atoms with Crippen molar-refractivity contribution in [2.75, 3.05) is 43.9 Å². The maximum atomic E-state index is 13.3. The van der Waals surface area contributed by atoms with E-state index in [1.165, 1.54) is 27.2 Å². The monoisotopic (exact) mass is 477 g/mol. The quantitative estimate of drug-likeness (QED) is 0.542. The Kier molecular flexibility index (Phi) is 5.57. The third-order valence-corrected chi connectivity index (χ3v) is 7.80. The predicted molar refractivity (Wildman–Crippen MR) is 125 cm³/mol. The maximum absolute atomic E-state index is 13.3. The topological polar surface area (TPSA) is 142 Å². The molecule has 174 valence electrons. The van der Waals surface area contributed by atoms with Crippen molar-refractivity contribution >= 4 is 32.9 Å². The minimum atomic E-state index is -3.76. The first kappa shape index (κ1) is 22.1. The normalized spacial score (nSPS) is 17.3. The van der Waals surface area contributed by atoms with E-state index in [0.717, 1.165) is 18.5 Å². The van der Waals surface area contributed by atoms with Crippen LogP contribution < -0.4 is 10.6 Å². The molecule has 0 amide bonds. The Hall–Kier alpha value is -3.71. The zero-order valence-corrected chi connectivity index (χ0v) is 19.4. The van der Waals surface area contributed by atoms with Crippen molar-refractivity contribution in [3.63, 3.8) is 0 Å². The van der Waals surface area contributed by atoms with Crippen LogP contribution in [0, 0.1) is 22.7 Å². The lowest BCUT2D eigenvalue weighted by atomic mass is 10.2. The molecule has 0 radical (unpaired) electrons. The number of nitrogens with zero attached hydrogens (tertiary/aromatic N) is 7. The highest BCUT2D eigenvalue weighted by Gasteiger charge is 2.28. The molecule has 34 heavy (non-hydrogen) atoms. The number of aromatic nitrogens is 3. The molecule has 0 unspecified atom stereocenters. The number of hydrogen-bond acceptors (Lipinski definition) is 9. The Labute approximate surface area is 197 Å². The molecule has 3 heterocycles. The summed E-state index contributed by atoms with van der Waals surface area (Å²) in [5.41, 5.74) is 2.17. The Morgan fingerprint density at radius 3 is 2.50 bits per heavy atom. The molecule has 1 aliphatic heterocycles. The summed E-state index contributed by atoms with van der Waals surface area (Å²) in [6, 6.07) is 10.7. The largest absolute Gasteiger partial charge is 0.379 e. The van der Waals surface area contributed by atoms with Crippen LogP contribution in [0.3, 0.4) is 0 Å². The average molecular weight is 478 g/mol. The molecule has 2 fully saturated rings. The fourth-order valence-electron chi connectivity index (χ4n) is 3.87. The van der Waals surface area contributed by atoms with E-state index < -0.39 is 10.0 Å². The molecule has 2 N–H and O–H groups in total. The van der Waals surface area contributed by atoms with E-state index in [2.05, 4.69) is 31.7 Å². The van der Waals surface area contributed by atoms with Gasteiger partial charge in [0.25, 0.3) is 0 Å². The standard InChI is InChI=1S/C22H23N9O2S/c1-29-4-6-30(7-5-29)34(32,33)19-9-15(12-23)8-17(10-19)27-21-11-20(26-16-2-3-16)22-25-14-18(13-24)31(22)28-21/h8-11,14,16,26H,2-7H2,1H3,(H,27,28). The predicted octanol–water partition coefficient (Wildman–Crippen LogP) is 1.73. The van der Waals surface area contributed by atoms with Crippen LogP contribution in [0.15, 0.2) is 35.4 Å². The van der Waals surface area contributed by atoms with E-state index in [4.69, 9.17) is 0 Å². The fraction of sp³-hybridized carbons (Fsp3) is 0.364. The lowest BCUT2D eigenvalue weighted by Crippen LogP contribution is -2.47. The SMILES string of the molecule is CN1CCN(S(=O)(=O)c2cc(C#N)cc(Nc3cc(NC4CC4)c4ncc(C#N)n4n3)c2)CC1. The van der Waals surface area contributed by atoms with E-state index in [1.807, 2.05) is 13.1 Å². The van der Waals surface area contributed by atoms with Crippen LogP contribution in [0.2, 0.25) is 0 Å². The molecule has 1 saturated carbocycles. The minimum absolute atomic E-state index is 0.0522. The second-order valence-electron chi connectivity index (χ2n) is 8.54. The summed E-state index contributed by atoms with van der Waals surface area (Å²) in [6.45, 7) is 2.08. The van der Waals surface area contributed by atoms with Crippen molar-refractivity contribution in [1.29, 1.82) is 10.5 Å². The van der Waals surface area contributed by atoms with Gasteiger partial charge in [-0.15, -0.1) is 5.10 Å². The van der Waals surface area contributed by atoms with E-state index in [1.54, 1.807) is 12.1 Å². The minimum Gasteiger partial charge on any atom is -0.379 e. The number of fused-ring (bicyclic) bond motifs is 1. The highest BCUT2D eigenvalue weighted by molar-refractivity contribution is 7.89. The van der Waals surface area contributed by atoms with Gasteiger partial charge < -0.3 is 15.5 Å². The molecule has 5 rings (SSSR count). The van der Waals surface area contributed by atoms with Gasteiger partial charge in [-0.1, -0.05) is 0 Å².